The molecule has 0 radical (unpaired) electrons. The Morgan fingerprint density at radius 3 is 1.98 bits per heavy atom. The quantitative estimate of drug-likeness (QED) is 0.182. The van der Waals surface area contributed by atoms with Gasteiger partial charge in [0.1, 0.15) is 11.5 Å². The second kappa shape index (κ2) is 30.6. The van der Waals surface area contributed by atoms with Crippen LogP contribution in [0.4, 0.5) is 4.39 Å². The zero-order valence-corrected chi connectivity index (χ0v) is 36.0. The minimum Gasteiger partial charge on any atom is -0.356 e. The molecule has 6 unspecified atom stereocenters. The molecule has 1 aromatic rings. The number of aromatic amines is 1. The Balaban J connectivity index is -0.000000574. The maximum atomic E-state index is 13.9. The molecule has 2 heterocycles. The molecule has 296 valence electrons. The highest BCUT2D eigenvalue weighted by Gasteiger charge is 2.35. The number of carbonyl (C=O) groups excluding carboxylic acids is 1. The van der Waals surface area contributed by atoms with Crippen molar-refractivity contribution in [3.05, 3.63) is 28.9 Å². The Morgan fingerprint density at radius 1 is 1.06 bits per heavy atom. The van der Waals surface area contributed by atoms with Gasteiger partial charge >= 0.3 is 0 Å². The third kappa shape index (κ3) is 27.7. The fraction of sp³-hybridized carbons (Fsp3) is 0.837. The van der Waals surface area contributed by atoms with Crippen molar-refractivity contribution in [2.45, 2.75) is 200 Å². The van der Waals surface area contributed by atoms with E-state index in [9.17, 15) is 9.18 Å². The van der Waals surface area contributed by atoms with Crippen LogP contribution in [-0.4, -0.2) is 33.8 Å². The lowest BCUT2D eigenvalue weighted by Crippen LogP contribution is -2.33. The molecule has 3 rings (SSSR count). The summed E-state index contributed by atoms with van der Waals surface area (Å²) in [6, 6.07) is -0.114. The molecule has 1 aliphatic heterocycles. The average Bonchev–Trinajstić information content (AvgIpc) is 3.52. The van der Waals surface area contributed by atoms with E-state index in [4.69, 9.17) is 11.1 Å². The molecule has 0 aromatic carbocycles. The molecule has 7 heteroatoms. The summed E-state index contributed by atoms with van der Waals surface area (Å²) in [5, 5.41) is 10.1. The van der Waals surface area contributed by atoms with Gasteiger partial charge in [-0.3, -0.25) is 4.79 Å². The smallest absolute Gasteiger partial charge is 0.220 e. The molecule has 0 spiro atoms. The predicted octanol–water partition coefficient (Wildman–Crippen LogP) is 12.9. The number of aryl methyl sites for hydroxylation is 1. The second-order valence-corrected chi connectivity index (χ2v) is 15.5. The number of H-pyrrole nitrogens is 1. The van der Waals surface area contributed by atoms with E-state index >= 15 is 0 Å². The van der Waals surface area contributed by atoms with Gasteiger partial charge in [-0.25, -0.2) is 9.37 Å². The van der Waals surface area contributed by atoms with Gasteiger partial charge in [-0.05, 0) is 115 Å². The number of amides is 1. The van der Waals surface area contributed by atoms with Gasteiger partial charge in [0.2, 0.25) is 5.91 Å². The summed E-state index contributed by atoms with van der Waals surface area (Å²) in [7, 11) is 0. The van der Waals surface area contributed by atoms with Crippen LogP contribution < -0.4 is 11.1 Å². The summed E-state index contributed by atoms with van der Waals surface area (Å²) in [6.45, 7) is 34.5. The Kier molecular flexibility index (Phi) is 32.0. The van der Waals surface area contributed by atoms with E-state index in [-0.39, 0.29) is 17.9 Å². The summed E-state index contributed by atoms with van der Waals surface area (Å²) in [5.74, 6) is 4.75. The maximum absolute atomic E-state index is 13.9. The van der Waals surface area contributed by atoms with Crippen LogP contribution >= 0.6 is 0 Å². The molecule has 5 N–H and O–H groups in total. The van der Waals surface area contributed by atoms with Crippen molar-refractivity contribution in [2.75, 3.05) is 6.54 Å². The molecular formula is C43H86FN5O. The first kappa shape index (κ1) is 52.3. The van der Waals surface area contributed by atoms with E-state index < -0.39 is 5.67 Å². The number of allylic oxidation sites excluding steroid dienone is 2. The lowest BCUT2D eigenvalue weighted by molar-refractivity contribution is -0.122. The monoisotopic (exact) mass is 708 g/mol. The molecular weight excluding hydrogens is 622 g/mol. The maximum Gasteiger partial charge on any atom is 0.220 e. The molecule has 1 saturated heterocycles. The van der Waals surface area contributed by atoms with Crippen molar-refractivity contribution in [3.8, 4) is 0 Å². The summed E-state index contributed by atoms with van der Waals surface area (Å²) >= 11 is 0. The highest BCUT2D eigenvalue weighted by molar-refractivity contribution is 5.95. The Labute approximate surface area is 311 Å². The number of alkyl halides is 1. The molecule has 1 amide bonds. The van der Waals surface area contributed by atoms with Crippen molar-refractivity contribution in [1.82, 2.24) is 15.3 Å². The third-order valence-electron chi connectivity index (χ3n) is 9.89. The van der Waals surface area contributed by atoms with Gasteiger partial charge in [-0.15, -0.1) is 0 Å². The molecule has 1 aliphatic carbocycles. The minimum atomic E-state index is -1.05. The summed E-state index contributed by atoms with van der Waals surface area (Å²) in [6.07, 6.45) is 14.6. The first-order chi connectivity index (χ1) is 23.3. The number of piperidine rings is 1. The predicted molar refractivity (Wildman–Crippen MR) is 220 cm³/mol. The van der Waals surface area contributed by atoms with E-state index in [1.165, 1.54) is 37.7 Å². The number of carbonyl (C=O) groups is 1. The number of nitrogens with zero attached hydrogens (tertiary/aromatic N) is 1. The highest BCUT2D eigenvalue weighted by Crippen LogP contribution is 2.39. The zero-order chi connectivity index (χ0) is 39.4. The van der Waals surface area contributed by atoms with Crippen LogP contribution in [0.15, 0.2) is 17.3 Å². The number of halogens is 1. The Hall–Kier alpha value is -2.02. The van der Waals surface area contributed by atoms with Crippen LogP contribution in [0, 0.1) is 41.9 Å². The average molecular weight is 708 g/mol. The van der Waals surface area contributed by atoms with Crippen molar-refractivity contribution >= 4 is 11.6 Å². The molecule has 2 fully saturated rings. The number of hydrogen-bond acceptors (Lipinski definition) is 4. The second-order valence-electron chi connectivity index (χ2n) is 15.5. The van der Waals surface area contributed by atoms with Crippen LogP contribution in [0.2, 0.25) is 0 Å². The van der Waals surface area contributed by atoms with Crippen molar-refractivity contribution in [1.29, 1.82) is 5.41 Å². The molecule has 2 aliphatic rings. The molecule has 0 bridgehead atoms. The number of aromatic nitrogens is 2. The van der Waals surface area contributed by atoms with Gasteiger partial charge in [-0.2, -0.15) is 0 Å². The van der Waals surface area contributed by atoms with Crippen molar-refractivity contribution in [3.63, 3.8) is 0 Å². The van der Waals surface area contributed by atoms with Crippen LogP contribution in [-0.2, 0) is 4.79 Å². The molecule has 50 heavy (non-hydrogen) atoms. The largest absolute Gasteiger partial charge is 0.356 e. The van der Waals surface area contributed by atoms with E-state index in [2.05, 4.69) is 84.5 Å². The normalized spacial score (nSPS) is 21.9. The molecule has 1 aromatic heterocycles. The number of hydrogen-bond donors (Lipinski definition) is 4. The van der Waals surface area contributed by atoms with Gasteiger partial charge in [-0.1, -0.05) is 107 Å². The molecule has 1 saturated carbocycles. The highest BCUT2D eigenvalue weighted by atomic mass is 19.1. The fourth-order valence-electron chi connectivity index (χ4n) is 5.56. The van der Waals surface area contributed by atoms with E-state index in [0.29, 0.717) is 24.5 Å². The van der Waals surface area contributed by atoms with E-state index in [0.717, 1.165) is 73.5 Å². The van der Waals surface area contributed by atoms with Crippen LogP contribution in [0.1, 0.15) is 198 Å². The first-order valence-corrected chi connectivity index (χ1v) is 20.3. The van der Waals surface area contributed by atoms with Gasteiger partial charge in [0.05, 0.1) is 5.69 Å². The van der Waals surface area contributed by atoms with E-state index in [1.54, 1.807) is 13.1 Å². The van der Waals surface area contributed by atoms with E-state index in [1.807, 2.05) is 34.6 Å². The lowest BCUT2D eigenvalue weighted by Gasteiger charge is -2.34. The Morgan fingerprint density at radius 2 is 1.64 bits per heavy atom. The van der Waals surface area contributed by atoms with Gasteiger partial charge < -0.3 is 21.4 Å². The first-order valence-electron chi connectivity index (χ1n) is 20.3. The third-order valence-corrected chi connectivity index (χ3v) is 9.89. The van der Waals surface area contributed by atoms with Gasteiger partial charge in [0.15, 0.2) is 0 Å². The SMILES string of the molecule is CC.CC1CCC(=O)NC1.CCC(C)=C(C)C(C)=N.CCC(C)C.CCCC(C)CC(C)CC.Cc1ncc(C(N)C2CCCC(C)(F)C2)[nH]1. The van der Waals surface area contributed by atoms with Crippen LogP contribution in [0.3, 0.4) is 0 Å². The fourth-order valence-corrected chi connectivity index (χ4v) is 5.56. The molecule has 6 nitrogen and oxygen atoms in total. The van der Waals surface area contributed by atoms with Crippen LogP contribution in [0.25, 0.3) is 0 Å². The topological polar surface area (TPSA) is 108 Å². The number of imidazole rings is 1. The standard InChI is InChI=1S/C12H20FN3.C10H22.C8H15N.C6H11NO.C5H12.C2H6/c1-8-15-7-10(16-8)11(14)9-4-3-5-12(2,13)6-9;1-5-7-10(4)8-9(3)6-2;1-5-6(2)7(3)8(4)9;1-5-2-3-6(8)7-4-5;1-4-5(2)3;1-2/h7,9,11H,3-6,14H2,1-2H3,(H,15,16);9-10H,5-8H2,1-4H3;9H,5H2,1-4H3;5H,2-4H2,1H3,(H,7,8);5H,4H2,1-3H3;1-2H3. The lowest BCUT2D eigenvalue weighted by atomic mass is 9.76. The van der Waals surface area contributed by atoms with Gasteiger partial charge in [0, 0.05) is 30.9 Å². The number of rotatable bonds is 10. The zero-order valence-electron chi connectivity index (χ0n) is 36.0. The molecule has 6 atom stereocenters. The summed E-state index contributed by atoms with van der Waals surface area (Å²) in [5.41, 5.74) is 9.20. The van der Waals surface area contributed by atoms with Crippen molar-refractivity contribution < 1.29 is 9.18 Å². The summed E-state index contributed by atoms with van der Waals surface area (Å²) < 4.78 is 13.9. The van der Waals surface area contributed by atoms with Crippen LogP contribution in [0.5, 0.6) is 0 Å². The van der Waals surface area contributed by atoms with Crippen molar-refractivity contribution in [2.24, 2.45) is 35.3 Å². The number of nitrogens with two attached hydrogens (primary N) is 1. The number of nitrogens with one attached hydrogen (secondary N) is 3. The minimum absolute atomic E-state index is 0.114. The van der Waals surface area contributed by atoms with Gasteiger partial charge in [0.25, 0.3) is 0 Å². The summed E-state index contributed by atoms with van der Waals surface area (Å²) in [4.78, 5) is 17.8. The Bertz CT molecular complexity index is 1000.